The van der Waals surface area contributed by atoms with Crippen LogP contribution in [-0.4, -0.2) is 6.61 Å². The van der Waals surface area contributed by atoms with Crippen molar-refractivity contribution < 1.29 is 17.9 Å². The van der Waals surface area contributed by atoms with Crippen LogP contribution >= 0.6 is 0 Å². The molecule has 1 saturated carbocycles. The lowest BCUT2D eigenvalue weighted by molar-refractivity contribution is 0.243. The summed E-state index contributed by atoms with van der Waals surface area (Å²) in [6.07, 6.45) is 15.3. The highest BCUT2D eigenvalue weighted by molar-refractivity contribution is 5.57. The molecule has 35 heavy (non-hydrogen) atoms. The summed E-state index contributed by atoms with van der Waals surface area (Å²) in [4.78, 5) is 0. The van der Waals surface area contributed by atoms with Gasteiger partial charge < -0.3 is 4.74 Å². The van der Waals surface area contributed by atoms with Gasteiger partial charge in [-0.05, 0) is 68.1 Å². The Morgan fingerprint density at radius 1 is 1.00 bits per heavy atom. The van der Waals surface area contributed by atoms with Crippen LogP contribution in [0.3, 0.4) is 0 Å². The van der Waals surface area contributed by atoms with Gasteiger partial charge in [-0.1, -0.05) is 74.9 Å². The van der Waals surface area contributed by atoms with E-state index >= 15 is 0 Å². The van der Waals surface area contributed by atoms with Crippen molar-refractivity contribution in [3.8, 4) is 0 Å². The number of hydrogen-bond acceptors (Lipinski definition) is 1. The zero-order valence-electron chi connectivity index (χ0n) is 20.8. The molecule has 0 aliphatic heterocycles. The first-order chi connectivity index (χ1) is 16.7. The number of hydrogen-bond donors (Lipinski definition) is 0. The van der Waals surface area contributed by atoms with Gasteiger partial charge in [0.1, 0.15) is 11.6 Å². The van der Waals surface area contributed by atoms with Gasteiger partial charge in [-0.3, -0.25) is 0 Å². The van der Waals surface area contributed by atoms with Crippen LogP contribution in [0, 0.1) is 17.6 Å². The molecule has 0 spiro atoms. The number of halogens is 3. The van der Waals surface area contributed by atoms with Crippen molar-refractivity contribution in [1.82, 2.24) is 0 Å². The van der Waals surface area contributed by atoms with Crippen LogP contribution in [0.2, 0.25) is 0 Å². The Balaban J connectivity index is 2.02. The van der Waals surface area contributed by atoms with Gasteiger partial charge in [-0.2, -0.15) is 0 Å². The van der Waals surface area contributed by atoms with Crippen molar-refractivity contribution in [2.45, 2.75) is 45.4 Å². The highest BCUT2D eigenvalue weighted by Crippen LogP contribution is 2.38. The Labute approximate surface area is 208 Å². The molecule has 0 N–H and O–H groups in total. The zero-order chi connectivity index (χ0) is 26.0. The lowest BCUT2D eigenvalue weighted by atomic mass is 9.78. The van der Waals surface area contributed by atoms with E-state index in [-0.39, 0.29) is 22.8 Å². The molecule has 4 heteroatoms. The number of ether oxygens (including phenoxy) is 1. The molecule has 1 aromatic rings. The van der Waals surface area contributed by atoms with Crippen molar-refractivity contribution in [2.24, 2.45) is 5.92 Å². The Morgan fingerprint density at radius 3 is 2.31 bits per heavy atom. The fourth-order valence-electron chi connectivity index (χ4n) is 4.09. The van der Waals surface area contributed by atoms with Gasteiger partial charge in [0.2, 0.25) is 0 Å². The van der Waals surface area contributed by atoms with Crippen LogP contribution in [0.25, 0.3) is 6.08 Å². The summed E-state index contributed by atoms with van der Waals surface area (Å²) in [5.74, 6) is -1.47. The van der Waals surface area contributed by atoms with Gasteiger partial charge in [-0.15, -0.1) is 0 Å². The van der Waals surface area contributed by atoms with Crippen LogP contribution in [0.1, 0.15) is 56.6 Å². The van der Waals surface area contributed by atoms with Crippen molar-refractivity contribution in [2.75, 3.05) is 6.61 Å². The quantitative estimate of drug-likeness (QED) is 0.174. The van der Waals surface area contributed by atoms with Crippen LogP contribution in [0.5, 0.6) is 0 Å². The molecule has 1 aromatic carbocycles. The van der Waals surface area contributed by atoms with Crippen molar-refractivity contribution in [3.63, 3.8) is 0 Å². The number of benzene rings is 1. The van der Waals surface area contributed by atoms with Gasteiger partial charge in [0, 0.05) is 17.2 Å². The van der Waals surface area contributed by atoms with E-state index in [9.17, 15) is 13.2 Å². The second kappa shape index (κ2) is 13.6. The van der Waals surface area contributed by atoms with Crippen molar-refractivity contribution >= 4 is 6.08 Å². The van der Waals surface area contributed by atoms with Crippen LogP contribution in [-0.2, 0) is 4.74 Å². The van der Waals surface area contributed by atoms with E-state index in [0.29, 0.717) is 29.2 Å². The molecule has 0 bridgehead atoms. The second-order valence-corrected chi connectivity index (χ2v) is 8.65. The molecule has 0 aromatic heterocycles. The third kappa shape index (κ3) is 8.17. The van der Waals surface area contributed by atoms with Crippen molar-refractivity contribution in [3.05, 3.63) is 126 Å². The van der Waals surface area contributed by atoms with E-state index in [1.807, 2.05) is 6.92 Å². The Morgan fingerprint density at radius 2 is 1.69 bits per heavy atom. The third-order valence-electron chi connectivity index (χ3n) is 6.09. The topological polar surface area (TPSA) is 9.23 Å². The lowest BCUT2D eigenvalue weighted by Gasteiger charge is -2.27. The Hall–Kier alpha value is -3.27. The second-order valence-electron chi connectivity index (χ2n) is 8.65. The fraction of sp³-hybridized carbons (Fsp3) is 0.290. The molecule has 1 nitrogen and oxygen atoms in total. The first-order valence-electron chi connectivity index (χ1n) is 11.9. The summed E-state index contributed by atoms with van der Waals surface area (Å²) >= 11 is 0. The maximum absolute atomic E-state index is 14.8. The summed E-state index contributed by atoms with van der Waals surface area (Å²) in [5, 5.41) is 0. The molecule has 0 unspecified atom stereocenters. The predicted molar refractivity (Wildman–Crippen MR) is 141 cm³/mol. The van der Waals surface area contributed by atoms with E-state index in [2.05, 4.69) is 38.5 Å². The third-order valence-corrected chi connectivity index (χ3v) is 6.09. The predicted octanol–water partition coefficient (Wildman–Crippen LogP) is 9.46. The smallest absolute Gasteiger partial charge is 0.166 e. The molecule has 0 amide bonds. The first-order valence-corrected chi connectivity index (χ1v) is 11.9. The summed E-state index contributed by atoms with van der Waals surface area (Å²) in [7, 11) is 0. The monoisotopic (exact) mass is 480 g/mol. The highest BCUT2D eigenvalue weighted by atomic mass is 19.2. The lowest BCUT2D eigenvalue weighted by Crippen LogP contribution is -2.13. The minimum atomic E-state index is -0.856. The van der Waals surface area contributed by atoms with E-state index in [1.165, 1.54) is 6.08 Å². The van der Waals surface area contributed by atoms with Gasteiger partial charge in [0.15, 0.2) is 11.6 Å². The normalized spacial score (nSPS) is 18.9. The molecule has 2 rings (SSSR count). The molecule has 1 aliphatic carbocycles. The Kier molecular flexibility index (Phi) is 10.8. The van der Waals surface area contributed by atoms with E-state index in [0.717, 1.165) is 31.8 Å². The molecule has 0 saturated heterocycles. The van der Waals surface area contributed by atoms with Crippen molar-refractivity contribution in [1.29, 1.82) is 0 Å². The summed E-state index contributed by atoms with van der Waals surface area (Å²) in [6, 6.07) is 3.29. The zero-order valence-corrected chi connectivity index (χ0v) is 20.8. The summed E-state index contributed by atoms with van der Waals surface area (Å²) < 4.78 is 48.9. The van der Waals surface area contributed by atoms with Gasteiger partial charge in [0.25, 0.3) is 0 Å². The van der Waals surface area contributed by atoms with E-state index in [4.69, 9.17) is 4.74 Å². The minimum absolute atomic E-state index is 0.0428. The summed E-state index contributed by atoms with van der Waals surface area (Å²) in [6.45, 7) is 19.1. The fourth-order valence-corrected chi connectivity index (χ4v) is 4.09. The maximum atomic E-state index is 14.8. The molecular weight excluding hydrogens is 445 g/mol. The minimum Gasteiger partial charge on any atom is -0.494 e. The van der Waals surface area contributed by atoms with E-state index < -0.39 is 17.5 Å². The SMILES string of the molecule is C=C(/C=C\C(=C)C(=C)/C(F)=C\C(=C)OCC)/C=C/c1ccc(C2CCC(/C=C/C)CC2)c(F)c1F. The highest BCUT2D eigenvalue weighted by Gasteiger charge is 2.25. The van der Waals surface area contributed by atoms with Gasteiger partial charge in [-0.25, -0.2) is 13.2 Å². The largest absolute Gasteiger partial charge is 0.494 e. The average molecular weight is 481 g/mol. The Bertz CT molecular complexity index is 1080. The molecule has 1 aliphatic rings. The first kappa shape index (κ1) is 28.0. The van der Waals surface area contributed by atoms with Crippen LogP contribution in [0.4, 0.5) is 13.2 Å². The molecule has 0 radical (unpaired) electrons. The van der Waals surface area contributed by atoms with Crippen LogP contribution in [0.15, 0.2) is 103 Å². The molecule has 186 valence electrons. The standard InChI is InChI=1S/C31H35F3O/c1-7-9-25-13-16-26(17-14-25)28-19-18-27(30(33)31(28)34)15-11-21(3)10-12-22(4)24(6)29(32)20-23(5)35-8-2/h7,9-12,15,18-20,25-26H,3-6,8,13-14,16-17H2,1-2H3/b9-7+,12-10-,15-11+,29-20+. The summed E-state index contributed by atoms with van der Waals surface area (Å²) in [5.41, 5.74) is 1.53. The average Bonchev–Trinajstić information content (AvgIpc) is 2.83. The molecule has 0 atom stereocenters. The van der Waals surface area contributed by atoms with Gasteiger partial charge in [0.05, 0.1) is 6.61 Å². The molecular formula is C31H35F3O. The van der Waals surface area contributed by atoms with Gasteiger partial charge >= 0.3 is 0 Å². The molecule has 1 fully saturated rings. The number of allylic oxidation sites excluding steroid dienone is 10. The molecule has 0 heterocycles. The maximum Gasteiger partial charge on any atom is 0.166 e. The number of rotatable bonds is 11. The van der Waals surface area contributed by atoms with E-state index in [1.54, 1.807) is 37.3 Å². The van der Waals surface area contributed by atoms with Crippen LogP contribution < -0.4 is 0 Å².